The Labute approximate surface area is 111 Å². The fourth-order valence-electron chi connectivity index (χ4n) is 2.67. The highest BCUT2D eigenvalue weighted by atomic mass is 16.2. The Balaban J connectivity index is 1.93. The van der Waals surface area contributed by atoms with Crippen molar-refractivity contribution >= 4 is 5.91 Å². The second kappa shape index (κ2) is 6.37. The van der Waals surface area contributed by atoms with E-state index in [4.69, 9.17) is 0 Å². The number of amides is 1. The van der Waals surface area contributed by atoms with E-state index < -0.39 is 0 Å². The molecule has 2 rings (SSSR count). The fourth-order valence-corrected chi connectivity index (χ4v) is 2.67. The van der Waals surface area contributed by atoms with E-state index in [1.165, 1.54) is 25.7 Å². The number of nitrogens with zero attached hydrogens (tertiary/aromatic N) is 1. The van der Waals surface area contributed by atoms with Gasteiger partial charge in [-0.1, -0.05) is 13.0 Å². The maximum Gasteiger partial charge on any atom is 0.249 e. The third-order valence-electron chi connectivity index (χ3n) is 3.91. The number of hydrogen-bond donors (Lipinski definition) is 1. The Hall–Kier alpha value is -0.830. The van der Waals surface area contributed by atoms with Gasteiger partial charge in [0.15, 0.2) is 0 Å². The Morgan fingerprint density at radius 3 is 2.67 bits per heavy atom. The number of carbonyl (C=O) groups is 1. The van der Waals surface area contributed by atoms with Crippen molar-refractivity contribution in [2.75, 3.05) is 19.6 Å². The molecular weight excluding hydrogens is 224 g/mol. The zero-order valence-corrected chi connectivity index (χ0v) is 11.7. The summed E-state index contributed by atoms with van der Waals surface area (Å²) in [6.07, 6.45) is 8.06. The molecule has 1 aliphatic carbocycles. The van der Waals surface area contributed by atoms with Crippen LogP contribution < -0.4 is 5.32 Å². The summed E-state index contributed by atoms with van der Waals surface area (Å²) in [5.41, 5.74) is 0.913. The molecule has 1 amide bonds. The molecule has 0 aromatic carbocycles. The minimum absolute atomic E-state index is 0.248. The summed E-state index contributed by atoms with van der Waals surface area (Å²) in [5, 5.41) is 3.49. The van der Waals surface area contributed by atoms with Crippen LogP contribution in [-0.4, -0.2) is 36.5 Å². The Kier molecular flexibility index (Phi) is 4.81. The molecular formula is C15H26N2O. The maximum absolute atomic E-state index is 12.4. The molecule has 2 fully saturated rings. The first kappa shape index (κ1) is 13.6. The minimum Gasteiger partial charge on any atom is -0.337 e. The molecule has 3 heteroatoms. The molecule has 102 valence electrons. The van der Waals surface area contributed by atoms with E-state index in [2.05, 4.69) is 17.1 Å². The summed E-state index contributed by atoms with van der Waals surface area (Å²) in [6.45, 7) is 7.00. The second-order valence-electron chi connectivity index (χ2n) is 5.74. The standard InChI is InChI=1S/C15H26N2O/c1-3-5-12(2)15(18)17(10-13-7-8-13)11-14-6-4-9-16-14/h5,13-14,16H,3-4,6-11H2,1-2H3/b12-5-. The van der Waals surface area contributed by atoms with Crippen LogP contribution in [0.5, 0.6) is 0 Å². The van der Waals surface area contributed by atoms with Gasteiger partial charge in [-0.15, -0.1) is 0 Å². The van der Waals surface area contributed by atoms with Gasteiger partial charge in [-0.2, -0.15) is 0 Å². The van der Waals surface area contributed by atoms with Crippen LogP contribution in [0.3, 0.4) is 0 Å². The summed E-state index contributed by atoms with van der Waals surface area (Å²) < 4.78 is 0. The molecule has 18 heavy (non-hydrogen) atoms. The first-order chi connectivity index (χ1) is 8.70. The lowest BCUT2D eigenvalue weighted by atomic mass is 10.1. The lowest BCUT2D eigenvalue weighted by Gasteiger charge is -2.26. The summed E-state index contributed by atoms with van der Waals surface area (Å²) >= 11 is 0. The molecule has 0 aromatic rings. The van der Waals surface area contributed by atoms with Crippen LogP contribution in [0.1, 0.15) is 46.0 Å². The van der Waals surface area contributed by atoms with E-state index in [1.54, 1.807) is 0 Å². The monoisotopic (exact) mass is 250 g/mol. The van der Waals surface area contributed by atoms with Crippen LogP contribution in [0.15, 0.2) is 11.6 Å². The van der Waals surface area contributed by atoms with Gasteiger partial charge in [-0.25, -0.2) is 0 Å². The van der Waals surface area contributed by atoms with Crippen LogP contribution in [0.25, 0.3) is 0 Å². The topological polar surface area (TPSA) is 32.3 Å². The lowest BCUT2D eigenvalue weighted by Crippen LogP contribution is -2.42. The van der Waals surface area contributed by atoms with Crippen molar-refractivity contribution in [2.45, 2.75) is 52.0 Å². The maximum atomic E-state index is 12.4. The van der Waals surface area contributed by atoms with E-state index in [9.17, 15) is 4.79 Å². The quantitative estimate of drug-likeness (QED) is 0.734. The molecule has 1 unspecified atom stereocenters. The summed E-state index contributed by atoms with van der Waals surface area (Å²) in [4.78, 5) is 14.5. The molecule has 1 saturated heterocycles. The lowest BCUT2D eigenvalue weighted by molar-refractivity contribution is -0.127. The molecule has 1 N–H and O–H groups in total. The summed E-state index contributed by atoms with van der Waals surface area (Å²) in [6, 6.07) is 0.516. The molecule has 1 aliphatic heterocycles. The zero-order valence-electron chi connectivity index (χ0n) is 11.7. The van der Waals surface area contributed by atoms with E-state index in [1.807, 2.05) is 13.0 Å². The normalized spacial score (nSPS) is 24.3. The first-order valence-corrected chi connectivity index (χ1v) is 7.40. The average Bonchev–Trinajstić information content (AvgIpc) is 3.02. The smallest absolute Gasteiger partial charge is 0.249 e. The molecule has 1 atom stereocenters. The first-order valence-electron chi connectivity index (χ1n) is 7.40. The van der Waals surface area contributed by atoms with Crippen LogP contribution in [0.2, 0.25) is 0 Å². The number of allylic oxidation sites excluding steroid dienone is 1. The molecule has 1 saturated carbocycles. The van der Waals surface area contributed by atoms with Crippen molar-refractivity contribution in [2.24, 2.45) is 5.92 Å². The summed E-state index contributed by atoms with van der Waals surface area (Å²) in [5.74, 6) is 1.02. The highest BCUT2D eigenvalue weighted by Gasteiger charge is 2.29. The van der Waals surface area contributed by atoms with Crippen LogP contribution in [0.4, 0.5) is 0 Å². The largest absolute Gasteiger partial charge is 0.337 e. The van der Waals surface area contributed by atoms with Crippen molar-refractivity contribution in [3.63, 3.8) is 0 Å². The van der Waals surface area contributed by atoms with Crippen molar-refractivity contribution in [3.05, 3.63) is 11.6 Å². The SMILES string of the molecule is CC/C=C(/C)C(=O)N(CC1CC1)CC1CCCN1. The van der Waals surface area contributed by atoms with Gasteiger partial charge in [0.05, 0.1) is 0 Å². The van der Waals surface area contributed by atoms with Gasteiger partial charge in [0.2, 0.25) is 5.91 Å². The molecule has 0 aromatic heterocycles. The second-order valence-corrected chi connectivity index (χ2v) is 5.74. The molecule has 3 nitrogen and oxygen atoms in total. The molecule has 1 heterocycles. The molecule has 0 radical (unpaired) electrons. The predicted molar refractivity (Wildman–Crippen MR) is 74.4 cm³/mol. The summed E-state index contributed by atoms with van der Waals surface area (Å²) in [7, 11) is 0. The third kappa shape index (κ3) is 3.84. The van der Waals surface area contributed by atoms with Gasteiger partial charge in [-0.3, -0.25) is 4.79 Å². The highest BCUT2D eigenvalue weighted by molar-refractivity contribution is 5.92. The number of rotatable bonds is 6. The van der Waals surface area contributed by atoms with Crippen molar-refractivity contribution in [1.29, 1.82) is 0 Å². The molecule has 0 bridgehead atoms. The minimum atomic E-state index is 0.248. The number of nitrogens with one attached hydrogen (secondary N) is 1. The van der Waals surface area contributed by atoms with E-state index in [-0.39, 0.29) is 5.91 Å². The third-order valence-corrected chi connectivity index (χ3v) is 3.91. The van der Waals surface area contributed by atoms with Gasteiger partial charge in [-0.05, 0) is 51.5 Å². The van der Waals surface area contributed by atoms with Crippen molar-refractivity contribution in [1.82, 2.24) is 10.2 Å². The van der Waals surface area contributed by atoms with E-state index in [0.29, 0.717) is 6.04 Å². The predicted octanol–water partition coefficient (Wildman–Crippen LogP) is 2.33. The van der Waals surface area contributed by atoms with Gasteiger partial charge >= 0.3 is 0 Å². The van der Waals surface area contributed by atoms with Crippen LogP contribution in [0, 0.1) is 5.92 Å². The van der Waals surface area contributed by atoms with Gasteiger partial charge in [0.1, 0.15) is 0 Å². The van der Waals surface area contributed by atoms with E-state index >= 15 is 0 Å². The number of carbonyl (C=O) groups excluding carboxylic acids is 1. The van der Waals surface area contributed by atoms with Crippen molar-refractivity contribution < 1.29 is 4.79 Å². The van der Waals surface area contributed by atoms with Gasteiger partial charge in [0.25, 0.3) is 0 Å². The van der Waals surface area contributed by atoms with Gasteiger partial charge < -0.3 is 10.2 Å². The zero-order chi connectivity index (χ0) is 13.0. The average molecular weight is 250 g/mol. The molecule has 2 aliphatic rings. The Morgan fingerprint density at radius 2 is 2.11 bits per heavy atom. The molecule has 0 spiro atoms. The Morgan fingerprint density at radius 1 is 1.33 bits per heavy atom. The van der Waals surface area contributed by atoms with E-state index in [0.717, 1.165) is 37.5 Å². The van der Waals surface area contributed by atoms with Gasteiger partial charge in [0, 0.05) is 24.7 Å². The van der Waals surface area contributed by atoms with Crippen molar-refractivity contribution in [3.8, 4) is 0 Å². The van der Waals surface area contributed by atoms with Crippen LogP contribution in [-0.2, 0) is 4.79 Å². The number of hydrogen-bond acceptors (Lipinski definition) is 2. The fraction of sp³-hybridized carbons (Fsp3) is 0.800. The van der Waals surface area contributed by atoms with Crippen LogP contribution >= 0.6 is 0 Å². The Bertz CT molecular complexity index is 314. The highest BCUT2D eigenvalue weighted by Crippen LogP contribution is 2.30.